The maximum absolute atomic E-state index is 9.67. The lowest BCUT2D eigenvalue weighted by atomic mass is 9.72. The molecule has 0 aliphatic carbocycles. The molecule has 0 aromatic heterocycles. The fraction of sp³-hybridized carbons (Fsp3) is 1.00. The van der Waals surface area contributed by atoms with Crippen molar-refractivity contribution in [2.45, 2.75) is 79.6 Å². The predicted octanol–water partition coefficient (Wildman–Crippen LogP) is 4.78. The van der Waals surface area contributed by atoms with Gasteiger partial charge in [-0.15, -0.1) is 0 Å². The summed E-state index contributed by atoms with van der Waals surface area (Å²) in [5, 5.41) is 9.67. The zero-order chi connectivity index (χ0) is 12.7. The van der Waals surface area contributed by atoms with E-state index in [1.54, 1.807) is 0 Å². The summed E-state index contributed by atoms with van der Waals surface area (Å²) in [4.78, 5) is 0. The molecule has 0 saturated carbocycles. The summed E-state index contributed by atoms with van der Waals surface area (Å²) in [6, 6.07) is 0. The minimum absolute atomic E-state index is 0.197. The van der Waals surface area contributed by atoms with Crippen LogP contribution in [0.15, 0.2) is 0 Å². The Hall–Kier alpha value is -0.0400. The summed E-state index contributed by atoms with van der Waals surface area (Å²) >= 11 is 0. The number of aliphatic hydroxyl groups excluding tert-OH is 1. The van der Waals surface area contributed by atoms with Gasteiger partial charge in [0.05, 0.1) is 0 Å². The number of unbranched alkanes of at least 4 members (excludes halogenated alkanes) is 1. The quantitative estimate of drug-likeness (QED) is 0.602. The van der Waals surface area contributed by atoms with E-state index in [2.05, 4.69) is 34.6 Å². The van der Waals surface area contributed by atoms with Crippen molar-refractivity contribution in [3.63, 3.8) is 0 Å². The summed E-state index contributed by atoms with van der Waals surface area (Å²) in [6.07, 6.45) is 8.44. The number of hydrogen-bond donors (Lipinski definition) is 1. The second kappa shape index (κ2) is 7.32. The van der Waals surface area contributed by atoms with Gasteiger partial charge >= 0.3 is 0 Å². The summed E-state index contributed by atoms with van der Waals surface area (Å²) in [5.41, 5.74) is 0.629. The van der Waals surface area contributed by atoms with Crippen LogP contribution >= 0.6 is 0 Å². The van der Waals surface area contributed by atoms with Crippen LogP contribution in [-0.4, -0.2) is 11.7 Å². The molecule has 0 saturated heterocycles. The van der Waals surface area contributed by atoms with Gasteiger partial charge in [-0.1, -0.05) is 53.9 Å². The third-order valence-corrected chi connectivity index (χ3v) is 4.44. The Morgan fingerprint density at radius 3 is 1.88 bits per heavy atom. The van der Waals surface area contributed by atoms with E-state index >= 15 is 0 Å². The smallest absolute Gasteiger partial charge is 0.0487 e. The topological polar surface area (TPSA) is 20.2 Å². The number of rotatable bonds is 9. The van der Waals surface area contributed by atoms with Crippen LogP contribution < -0.4 is 0 Å². The van der Waals surface area contributed by atoms with Crippen molar-refractivity contribution in [1.29, 1.82) is 0 Å². The first kappa shape index (κ1) is 16.0. The van der Waals surface area contributed by atoms with E-state index in [9.17, 15) is 5.11 Å². The fourth-order valence-electron chi connectivity index (χ4n) is 2.08. The summed E-state index contributed by atoms with van der Waals surface area (Å²) < 4.78 is 0. The van der Waals surface area contributed by atoms with E-state index in [1.807, 2.05) is 0 Å². The van der Waals surface area contributed by atoms with E-state index in [1.165, 1.54) is 38.5 Å². The molecule has 0 bridgehead atoms. The average Bonchev–Trinajstić information content (AvgIpc) is 2.30. The van der Waals surface area contributed by atoms with E-state index in [0.717, 1.165) is 6.42 Å². The zero-order valence-corrected chi connectivity index (χ0v) is 12.1. The molecule has 1 atom stereocenters. The molecule has 1 N–H and O–H groups in total. The SMILES string of the molecule is CCCCC(CC)(CO)CCC(C)(C)CC. The molecule has 0 aromatic rings. The molecule has 1 unspecified atom stereocenters. The highest BCUT2D eigenvalue weighted by molar-refractivity contribution is 4.80. The predicted molar refractivity (Wildman–Crippen MR) is 72.6 cm³/mol. The maximum Gasteiger partial charge on any atom is 0.0487 e. The molecule has 0 rings (SSSR count). The summed E-state index contributed by atoms with van der Waals surface area (Å²) in [6.45, 7) is 11.8. The van der Waals surface area contributed by atoms with Crippen LogP contribution in [0.1, 0.15) is 79.6 Å². The van der Waals surface area contributed by atoms with Crippen molar-refractivity contribution in [3.05, 3.63) is 0 Å². The molecule has 0 fully saturated rings. The lowest BCUT2D eigenvalue weighted by Crippen LogP contribution is -2.27. The molecule has 1 heteroatoms. The van der Waals surface area contributed by atoms with E-state index in [-0.39, 0.29) is 5.41 Å². The second-order valence-corrected chi connectivity index (χ2v) is 6.13. The van der Waals surface area contributed by atoms with Gasteiger partial charge in [0.25, 0.3) is 0 Å². The highest BCUT2D eigenvalue weighted by Gasteiger charge is 2.29. The summed E-state index contributed by atoms with van der Waals surface area (Å²) in [7, 11) is 0. The molecule has 0 spiro atoms. The van der Waals surface area contributed by atoms with Crippen molar-refractivity contribution in [1.82, 2.24) is 0 Å². The molecule has 98 valence electrons. The second-order valence-electron chi connectivity index (χ2n) is 6.13. The third kappa shape index (κ3) is 5.34. The molecule has 1 nitrogen and oxygen atoms in total. The van der Waals surface area contributed by atoms with Gasteiger partial charge in [0, 0.05) is 6.61 Å². The van der Waals surface area contributed by atoms with Gasteiger partial charge in [0.1, 0.15) is 0 Å². The lowest BCUT2D eigenvalue weighted by Gasteiger charge is -2.34. The highest BCUT2D eigenvalue weighted by atomic mass is 16.3. The Morgan fingerprint density at radius 1 is 0.875 bits per heavy atom. The molecule has 0 heterocycles. The Bertz CT molecular complexity index is 168. The van der Waals surface area contributed by atoms with Crippen LogP contribution in [0.3, 0.4) is 0 Å². The van der Waals surface area contributed by atoms with Crippen molar-refractivity contribution in [3.8, 4) is 0 Å². The first-order valence-electron chi connectivity index (χ1n) is 7.06. The number of aliphatic hydroxyl groups is 1. The van der Waals surface area contributed by atoms with E-state index in [4.69, 9.17) is 0 Å². The monoisotopic (exact) mass is 228 g/mol. The largest absolute Gasteiger partial charge is 0.396 e. The fourth-order valence-corrected chi connectivity index (χ4v) is 2.08. The van der Waals surface area contributed by atoms with Crippen LogP contribution in [0.5, 0.6) is 0 Å². The van der Waals surface area contributed by atoms with Gasteiger partial charge in [0.15, 0.2) is 0 Å². The summed E-state index contributed by atoms with van der Waals surface area (Å²) in [5.74, 6) is 0. The Morgan fingerprint density at radius 2 is 1.50 bits per heavy atom. The third-order valence-electron chi connectivity index (χ3n) is 4.44. The molecule has 0 radical (unpaired) electrons. The van der Waals surface area contributed by atoms with Crippen LogP contribution in [0.25, 0.3) is 0 Å². The molecule has 0 aromatic carbocycles. The molecular formula is C15H32O. The Labute approximate surface area is 103 Å². The van der Waals surface area contributed by atoms with Crippen molar-refractivity contribution in [2.24, 2.45) is 10.8 Å². The lowest BCUT2D eigenvalue weighted by molar-refractivity contribution is 0.0813. The van der Waals surface area contributed by atoms with E-state index in [0.29, 0.717) is 12.0 Å². The molecular weight excluding hydrogens is 196 g/mol. The molecule has 0 aliphatic rings. The first-order valence-corrected chi connectivity index (χ1v) is 7.06. The Balaban J connectivity index is 4.31. The zero-order valence-electron chi connectivity index (χ0n) is 12.1. The van der Waals surface area contributed by atoms with Crippen LogP contribution in [0.4, 0.5) is 0 Å². The van der Waals surface area contributed by atoms with Gasteiger partial charge in [-0.25, -0.2) is 0 Å². The standard InChI is InChI=1S/C15H32O/c1-6-9-10-15(8-3,13-16)12-11-14(4,5)7-2/h16H,6-13H2,1-5H3. The van der Waals surface area contributed by atoms with Crippen molar-refractivity contribution >= 4 is 0 Å². The number of hydrogen-bond acceptors (Lipinski definition) is 1. The van der Waals surface area contributed by atoms with Gasteiger partial charge in [-0.3, -0.25) is 0 Å². The van der Waals surface area contributed by atoms with Crippen LogP contribution in [0.2, 0.25) is 0 Å². The van der Waals surface area contributed by atoms with Crippen molar-refractivity contribution < 1.29 is 5.11 Å². The minimum Gasteiger partial charge on any atom is -0.396 e. The Kier molecular flexibility index (Phi) is 7.30. The average molecular weight is 228 g/mol. The van der Waals surface area contributed by atoms with Gasteiger partial charge in [0.2, 0.25) is 0 Å². The van der Waals surface area contributed by atoms with E-state index < -0.39 is 0 Å². The minimum atomic E-state index is 0.197. The normalized spacial score (nSPS) is 16.1. The first-order chi connectivity index (χ1) is 7.45. The molecule has 16 heavy (non-hydrogen) atoms. The maximum atomic E-state index is 9.67. The van der Waals surface area contributed by atoms with Gasteiger partial charge in [-0.2, -0.15) is 0 Å². The van der Waals surface area contributed by atoms with Crippen molar-refractivity contribution in [2.75, 3.05) is 6.61 Å². The van der Waals surface area contributed by atoms with Gasteiger partial charge in [-0.05, 0) is 36.5 Å². The van der Waals surface area contributed by atoms with Crippen LogP contribution in [0, 0.1) is 10.8 Å². The van der Waals surface area contributed by atoms with Crippen LogP contribution in [-0.2, 0) is 0 Å². The van der Waals surface area contributed by atoms with Gasteiger partial charge < -0.3 is 5.11 Å². The molecule has 0 amide bonds. The highest BCUT2D eigenvalue weighted by Crippen LogP contribution is 2.38. The molecule has 0 aliphatic heterocycles.